The average Bonchev–Trinajstić information content (AvgIpc) is 2.70. The van der Waals surface area contributed by atoms with Crippen LogP contribution in [0, 0.1) is 6.92 Å². The fourth-order valence-corrected chi connectivity index (χ4v) is 2.54. The molecule has 0 spiro atoms. The second-order valence-corrected chi connectivity index (χ2v) is 6.31. The van der Waals surface area contributed by atoms with Gasteiger partial charge in [0.25, 0.3) is 5.91 Å². The lowest BCUT2D eigenvalue weighted by molar-refractivity contribution is -0.118. The molecule has 0 saturated carbocycles. The predicted molar refractivity (Wildman–Crippen MR) is 107 cm³/mol. The zero-order valence-electron chi connectivity index (χ0n) is 15.3. The summed E-state index contributed by atoms with van der Waals surface area (Å²) in [7, 11) is 0. The zero-order valence-corrected chi connectivity index (χ0v) is 15.3. The Morgan fingerprint density at radius 1 is 0.889 bits per heavy atom. The highest BCUT2D eigenvalue weighted by atomic mass is 16.5. The van der Waals surface area contributed by atoms with E-state index in [1.54, 1.807) is 12.4 Å². The standard InChI is InChI=1S/C22H23N3O2/c1-17-2-6-20(7-3-17)25-22(26)16-27-21-8-4-18(5-9-21)14-24-15-19-10-12-23-13-11-19/h2-13,24H,14-16H2,1H3,(H,25,26). The molecule has 1 amide bonds. The molecule has 0 aliphatic carbocycles. The van der Waals surface area contributed by atoms with Crippen LogP contribution in [-0.2, 0) is 17.9 Å². The lowest BCUT2D eigenvalue weighted by atomic mass is 10.2. The van der Waals surface area contributed by atoms with Gasteiger partial charge in [0.1, 0.15) is 5.75 Å². The van der Waals surface area contributed by atoms with Crippen molar-refractivity contribution >= 4 is 11.6 Å². The summed E-state index contributed by atoms with van der Waals surface area (Å²) in [6, 6.07) is 19.4. The zero-order chi connectivity index (χ0) is 18.9. The van der Waals surface area contributed by atoms with Gasteiger partial charge < -0.3 is 15.4 Å². The number of nitrogens with zero attached hydrogens (tertiary/aromatic N) is 1. The van der Waals surface area contributed by atoms with Crippen LogP contribution in [0.5, 0.6) is 5.75 Å². The number of anilines is 1. The van der Waals surface area contributed by atoms with Crippen molar-refractivity contribution in [3.05, 3.63) is 89.7 Å². The molecule has 3 aromatic rings. The SMILES string of the molecule is Cc1ccc(NC(=O)COc2ccc(CNCc3ccncc3)cc2)cc1. The molecule has 1 aromatic heterocycles. The highest BCUT2D eigenvalue weighted by Gasteiger charge is 2.04. The van der Waals surface area contributed by atoms with Crippen LogP contribution in [0.15, 0.2) is 73.1 Å². The Bertz CT molecular complexity index is 847. The molecule has 5 heteroatoms. The van der Waals surface area contributed by atoms with Crippen molar-refractivity contribution in [3.8, 4) is 5.75 Å². The Hall–Kier alpha value is -3.18. The van der Waals surface area contributed by atoms with Crippen LogP contribution in [0.2, 0.25) is 0 Å². The van der Waals surface area contributed by atoms with Gasteiger partial charge in [-0.2, -0.15) is 0 Å². The first-order valence-electron chi connectivity index (χ1n) is 8.87. The lowest BCUT2D eigenvalue weighted by Gasteiger charge is -2.09. The van der Waals surface area contributed by atoms with Gasteiger partial charge in [-0.05, 0) is 54.4 Å². The fraction of sp³-hybridized carbons (Fsp3) is 0.182. The van der Waals surface area contributed by atoms with Crippen molar-refractivity contribution in [3.63, 3.8) is 0 Å². The highest BCUT2D eigenvalue weighted by Crippen LogP contribution is 2.13. The second-order valence-electron chi connectivity index (χ2n) is 6.31. The first-order chi connectivity index (χ1) is 13.2. The fourth-order valence-electron chi connectivity index (χ4n) is 2.54. The molecule has 0 fully saturated rings. The minimum absolute atomic E-state index is 0.0203. The van der Waals surface area contributed by atoms with Crippen molar-refractivity contribution < 1.29 is 9.53 Å². The van der Waals surface area contributed by atoms with Gasteiger partial charge in [0.2, 0.25) is 0 Å². The Morgan fingerprint density at radius 2 is 1.52 bits per heavy atom. The quantitative estimate of drug-likeness (QED) is 0.642. The summed E-state index contributed by atoms with van der Waals surface area (Å²) in [5.41, 5.74) is 4.27. The first kappa shape index (κ1) is 18.6. The summed E-state index contributed by atoms with van der Waals surface area (Å²) in [6.07, 6.45) is 3.58. The number of benzene rings is 2. The number of amides is 1. The molecule has 5 nitrogen and oxygen atoms in total. The van der Waals surface area contributed by atoms with Gasteiger partial charge >= 0.3 is 0 Å². The second kappa shape index (κ2) is 9.50. The van der Waals surface area contributed by atoms with Gasteiger partial charge in [-0.3, -0.25) is 9.78 Å². The van der Waals surface area contributed by atoms with Crippen LogP contribution < -0.4 is 15.4 Å². The van der Waals surface area contributed by atoms with Crippen molar-refractivity contribution in [2.45, 2.75) is 20.0 Å². The van der Waals surface area contributed by atoms with Gasteiger partial charge in [0.15, 0.2) is 6.61 Å². The minimum Gasteiger partial charge on any atom is -0.484 e. The molecule has 1 heterocycles. The molecule has 0 atom stereocenters. The summed E-state index contributed by atoms with van der Waals surface area (Å²) in [5, 5.41) is 6.20. The van der Waals surface area contributed by atoms with E-state index >= 15 is 0 Å². The van der Waals surface area contributed by atoms with Crippen molar-refractivity contribution in [2.24, 2.45) is 0 Å². The number of aromatic nitrogens is 1. The first-order valence-corrected chi connectivity index (χ1v) is 8.87. The van der Waals surface area contributed by atoms with Crippen molar-refractivity contribution in [2.75, 3.05) is 11.9 Å². The molecule has 0 radical (unpaired) electrons. The Labute approximate surface area is 159 Å². The molecule has 0 aliphatic heterocycles. The molecule has 2 N–H and O–H groups in total. The molecule has 138 valence electrons. The molecular weight excluding hydrogens is 338 g/mol. The maximum atomic E-state index is 12.0. The summed E-state index contributed by atoms with van der Waals surface area (Å²) >= 11 is 0. The molecule has 3 rings (SSSR count). The smallest absolute Gasteiger partial charge is 0.262 e. The van der Waals surface area contributed by atoms with Gasteiger partial charge in [0, 0.05) is 31.2 Å². The molecule has 2 aromatic carbocycles. The normalized spacial score (nSPS) is 10.4. The number of carbonyl (C=O) groups is 1. The van der Waals surface area contributed by atoms with E-state index < -0.39 is 0 Å². The monoisotopic (exact) mass is 361 g/mol. The Balaban J connectivity index is 1.40. The van der Waals surface area contributed by atoms with E-state index in [1.165, 1.54) is 5.56 Å². The third-order valence-corrected chi connectivity index (χ3v) is 4.04. The van der Waals surface area contributed by atoms with E-state index in [0.717, 1.165) is 29.9 Å². The van der Waals surface area contributed by atoms with Gasteiger partial charge in [0.05, 0.1) is 0 Å². The van der Waals surface area contributed by atoms with E-state index in [-0.39, 0.29) is 12.5 Å². The average molecular weight is 361 g/mol. The molecule has 0 aliphatic rings. The number of carbonyl (C=O) groups excluding carboxylic acids is 1. The van der Waals surface area contributed by atoms with Gasteiger partial charge in [-0.1, -0.05) is 29.8 Å². The van der Waals surface area contributed by atoms with Crippen LogP contribution >= 0.6 is 0 Å². The Morgan fingerprint density at radius 3 is 2.19 bits per heavy atom. The molecule has 0 unspecified atom stereocenters. The Kier molecular flexibility index (Phi) is 6.55. The maximum absolute atomic E-state index is 12.0. The van der Waals surface area contributed by atoms with E-state index in [1.807, 2.05) is 67.6 Å². The third kappa shape index (κ3) is 6.24. The number of hydrogen-bond donors (Lipinski definition) is 2. The number of hydrogen-bond acceptors (Lipinski definition) is 4. The van der Waals surface area contributed by atoms with Gasteiger partial charge in [-0.25, -0.2) is 0 Å². The molecule has 0 bridgehead atoms. The van der Waals surface area contributed by atoms with Crippen molar-refractivity contribution in [1.29, 1.82) is 0 Å². The summed E-state index contributed by atoms with van der Waals surface area (Å²) < 4.78 is 5.55. The van der Waals surface area contributed by atoms with Crippen LogP contribution in [-0.4, -0.2) is 17.5 Å². The number of nitrogens with one attached hydrogen (secondary N) is 2. The van der Waals surface area contributed by atoms with E-state index in [2.05, 4.69) is 15.6 Å². The summed E-state index contributed by atoms with van der Waals surface area (Å²) in [4.78, 5) is 16.0. The number of pyridine rings is 1. The summed E-state index contributed by atoms with van der Waals surface area (Å²) in [5.74, 6) is 0.494. The molecule has 27 heavy (non-hydrogen) atoms. The maximum Gasteiger partial charge on any atom is 0.262 e. The molecule has 0 saturated heterocycles. The topological polar surface area (TPSA) is 63.2 Å². The van der Waals surface area contributed by atoms with E-state index in [4.69, 9.17) is 4.74 Å². The largest absolute Gasteiger partial charge is 0.484 e. The lowest BCUT2D eigenvalue weighted by Crippen LogP contribution is -2.20. The van der Waals surface area contributed by atoms with Gasteiger partial charge in [-0.15, -0.1) is 0 Å². The minimum atomic E-state index is -0.179. The number of ether oxygens (including phenoxy) is 1. The third-order valence-electron chi connectivity index (χ3n) is 4.04. The van der Waals surface area contributed by atoms with E-state index in [9.17, 15) is 4.79 Å². The number of aryl methyl sites for hydroxylation is 1. The number of rotatable bonds is 8. The van der Waals surface area contributed by atoms with Crippen LogP contribution in [0.25, 0.3) is 0 Å². The predicted octanol–water partition coefficient (Wildman–Crippen LogP) is 3.70. The molecular formula is C22H23N3O2. The van der Waals surface area contributed by atoms with Crippen LogP contribution in [0.4, 0.5) is 5.69 Å². The van der Waals surface area contributed by atoms with Crippen LogP contribution in [0.3, 0.4) is 0 Å². The van der Waals surface area contributed by atoms with E-state index in [0.29, 0.717) is 5.75 Å². The highest BCUT2D eigenvalue weighted by molar-refractivity contribution is 5.91. The van der Waals surface area contributed by atoms with Crippen molar-refractivity contribution in [1.82, 2.24) is 10.3 Å². The summed E-state index contributed by atoms with van der Waals surface area (Å²) in [6.45, 7) is 3.54. The van der Waals surface area contributed by atoms with Crippen LogP contribution in [0.1, 0.15) is 16.7 Å².